The van der Waals surface area contributed by atoms with Gasteiger partial charge in [-0.05, 0) is 0 Å². The Morgan fingerprint density at radius 2 is 2.08 bits per heavy atom. The quantitative estimate of drug-likeness (QED) is 0.377. The zero-order valence-corrected chi connectivity index (χ0v) is 9.16. The molecule has 0 aliphatic rings. The highest BCUT2D eigenvalue weighted by Gasteiger charge is 2.20. The largest absolute Gasteiger partial charge is 0.472 e. The molecule has 0 aromatic rings. The number of hydrogen-bond donors (Lipinski definition) is 1. The fourth-order valence-electron chi connectivity index (χ4n) is 0.547. The van der Waals surface area contributed by atoms with Crippen LogP contribution in [0, 0.1) is 0 Å². The third-order valence-corrected chi connectivity index (χ3v) is 2.65. The van der Waals surface area contributed by atoms with Crippen LogP contribution >= 0.6 is 7.82 Å². The molecular formula is C6H16BNO4P+. The van der Waals surface area contributed by atoms with Gasteiger partial charge in [0, 0.05) is 13.6 Å². The SMILES string of the molecule is [B]C[N+](C)(C)CCOP(=O)(O)OC. The van der Waals surface area contributed by atoms with E-state index < -0.39 is 7.82 Å². The minimum Gasteiger partial charge on any atom is -0.335 e. The van der Waals surface area contributed by atoms with Crippen LogP contribution in [0.1, 0.15) is 0 Å². The number of phosphoric acid groups is 1. The summed E-state index contributed by atoms with van der Waals surface area (Å²) in [6.07, 6.45) is 0.450. The maximum atomic E-state index is 10.8. The average Bonchev–Trinajstić information content (AvgIpc) is 2.04. The molecule has 1 atom stereocenters. The van der Waals surface area contributed by atoms with Crippen molar-refractivity contribution in [2.45, 2.75) is 0 Å². The highest BCUT2D eigenvalue weighted by molar-refractivity contribution is 7.47. The molecule has 2 radical (unpaired) electrons. The van der Waals surface area contributed by atoms with Crippen molar-refractivity contribution in [2.75, 3.05) is 40.8 Å². The Kier molecular flexibility index (Phi) is 5.18. The molecule has 0 fully saturated rings. The Bertz CT molecular complexity index is 199. The van der Waals surface area contributed by atoms with Crippen LogP contribution in [0.25, 0.3) is 0 Å². The monoisotopic (exact) mass is 208 g/mol. The second kappa shape index (κ2) is 5.12. The first kappa shape index (κ1) is 13.1. The van der Waals surface area contributed by atoms with E-state index >= 15 is 0 Å². The Hall–Kier alpha value is 0.135. The van der Waals surface area contributed by atoms with E-state index in [0.717, 1.165) is 7.11 Å². The Labute approximate surface area is 80.3 Å². The molecule has 0 amide bonds. The van der Waals surface area contributed by atoms with Gasteiger partial charge in [-0.25, -0.2) is 4.57 Å². The van der Waals surface area contributed by atoms with Gasteiger partial charge in [0.25, 0.3) is 0 Å². The van der Waals surface area contributed by atoms with Gasteiger partial charge in [-0.2, -0.15) is 0 Å². The molecule has 0 heterocycles. The highest BCUT2D eigenvalue weighted by atomic mass is 31.2. The van der Waals surface area contributed by atoms with E-state index in [1.54, 1.807) is 0 Å². The lowest BCUT2D eigenvalue weighted by molar-refractivity contribution is -0.879. The maximum Gasteiger partial charge on any atom is 0.472 e. The van der Waals surface area contributed by atoms with Crippen molar-refractivity contribution >= 4 is 15.7 Å². The minimum absolute atomic E-state index is 0.145. The summed E-state index contributed by atoms with van der Waals surface area (Å²) in [6, 6.07) is 0. The lowest BCUT2D eigenvalue weighted by atomic mass is 10.1. The van der Waals surface area contributed by atoms with E-state index in [-0.39, 0.29) is 6.61 Å². The van der Waals surface area contributed by atoms with E-state index in [9.17, 15) is 4.57 Å². The fourth-order valence-corrected chi connectivity index (χ4v) is 0.965. The number of hydrogen-bond acceptors (Lipinski definition) is 3. The Morgan fingerprint density at radius 1 is 1.54 bits per heavy atom. The van der Waals surface area contributed by atoms with E-state index in [0.29, 0.717) is 17.5 Å². The first-order chi connectivity index (χ1) is 5.83. The first-order valence-electron chi connectivity index (χ1n) is 3.88. The third-order valence-electron chi connectivity index (χ3n) is 1.68. The summed E-state index contributed by atoms with van der Waals surface area (Å²) < 4.78 is 20.2. The summed E-state index contributed by atoms with van der Waals surface area (Å²) in [4.78, 5) is 8.87. The van der Waals surface area contributed by atoms with Crippen LogP contribution in [0.3, 0.4) is 0 Å². The number of quaternary nitrogens is 1. The van der Waals surface area contributed by atoms with Gasteiger partial charge in [0.2, 0.25) is 0 Å². The summed E-state index contributed by atoms with van der Waals surface area (Å²) >= 11 is 0. The molecule has 13 heavy (non-hydrogen) atoms. The fraction of sp³-hybridized carbons (Fsp3) is 1.00. The highest BCUT2D eigenvalue weighted by Crippen LogP contribution is 2.41. The molecule has 0 bridgehead atoms. The smallest absolute Gasteiger partial charge is 0.335 e. The molecule has 0 aromatic heterocycles. The van der Waals surface area contributed by atoms with Crippen molar-refractivity contribution in [1.82, 2.24) is 0 Å². The molecule has 0 rings (SSSR count). The summed E-state index contributed by atoms with van der Waals surface area (Å²) in [5, 5.41) is 0. The van der Waals surface area contributed by atoms with Crippen LogP contribution in [0.5, 0.6) is 0 Å². The zero-order chi connectivity index (χ0) is 10.5. The molecule has 0 aliphatic carbocycles. The van der Waals surface area contributed by atoms with Crippen molar-refractivity contribution in [3.8, 4) is 0 Å². The van der Waals surface area contributed by atoms with Crippen LogP contribution in [0.4, 0.5) is 0 Å². The van der Waals surface area contributed by atoms with Gasteiger partial charge in [-0.3, -0.25) is 9.05 Å². The predicted molar refractivity (Wildman–Crippen MR) is 50.4 cm³/mol. The molecule has 5 nitrogen and oxygen atoms in total. The van der Waals surface area contributed by atoms with Gasteiger partial charge in [-0.1, -0.05) is 0 Å². The molecule has 1 N–H and O–H groups in total. The van der Waals surface area contributed by atoms with E-state index in [4.69, 9.17) is 12.7 Å². The summed E-state index contributed by atoms with van der Waals surface area (Å²) in [5.74, 6) is 0. The van der Waals surface area contributed by atoms with Gasteiger partial charge < -0.3 is 9.38 Å². The van der Waals surface area contributed by atoms with Crippen molar-refractivity contribution < 1.29 is 23.0 Å². The van der Waals surface area contributed by atoms with Gasteiger partial charge in [0.1, 0.15) is 21.0 Å². The summed E-state index contributed by atoms with van der Waals surface area (Å²) in [7, 11) is 6.55. The molecule has 0 saturated carbocycles. The molecule has 76 valence electrons. The van der Waals surface area contributed by atoms with E-state index in [1.165, 1.54) is 0 Å². The lowest BCUT2D eigenvalue weighted by Gasteiger charge is -2.28. The summed E-state index contributed by atoms with van der Waals surface area (Å²) in [6.45, 7) is 0.705. The second-order valence-corrected chi connectivity index (χ2v) is 4.89. The number of nitrogens with zero attached hydrogens (tertiary/aromatic N) is 1. The van der Waals surface area contributed by atoms with Crippen LogP contribution < -0.4 is 0 Å². The topological polar surface area (TPSA) is 55.8 Å². The Balaban J connectivity index is 3.74. The lowest BCUT2D eigenvalue weighted by Crippen LogP contribution is -2.43. The average molecular weight is 208 g/mol. The molecule has 0 spiro atoms. The number of phosphoric ester groups is 1. The van der Waals surface area contributed by atoms with Crippen LogP contribution in [0.2, 0.25) is 0 Å². The second-order valence-electron chi connectivity index (χ2n) is 3.33. The predicted octanol–water partition coefficient (Wildman–Crippen LogP) is -0.0478. The maximum absolute atomic E-state index is 10.8. The molecule has 0 aliphatic heterocycles. The molecule has 1 unspecified atom stereocenters. The number of likely N-dealkylation sites (N-methyl/N-ethyl adjacent to an activating group) is 1. The van der Waals surface area contributed by atoms with E-state index in [2.05, 4.69) is 9.05 Å². The molecule has 0 saturated heterocycles. The van der Waals surface area contributed by atoms with Crippen LogP contribution in [-0.4, -0.2) is 58.0 Å². The van der Waals surface area contributed by atoms with Gasteiger partial charge >= 0.3 is 7.82 Å². The standard InChI is InChI=1S/C6H15BNO4P/c1-8(2,6-7)4-5-12-13(9,10)11-3/h4-6H2,1-3H3/p+1. The molecular weight excluding hydrogens is 192 g/mol. The van der Waals surface area contributed by atoms with Crippen molar-refractivity contribution in [2.24, 2.45) is 0 Å². The van der Waals surface area contributed by atoms with Gasteiger partial charge in [-0.15, -0.1) is 0 Å². The van der Waals surface area contributed by atoms with Crippen LogP contribution in [0.15, 0.2) is 0 Å². The van der Waals surface area contributed by atoms with Crippen LogP contribution in [-0.2, 0) is 13.6 Å². The van der Waals surface area contributed by atoms with Crippen molar-refractivity contribution in [3.63, 3.8) is 0 Å². The normalized spacial score (nSPS) is 16.9. The summed E-state index contributed by atoms with van der Waals surface area (Å²) in [5.41, 5.74) is 0. The van der Waals surface area contributed by atoms with E-state index in [1.807, 2.05) is 14.1 Å². The minimum atomic E-state index is -3.82. The van der Waals surface area contributed by atoms with Gasteiger partial charge in [0.05, 0.1) is 14.1 Å². The zero-order valence-electron chi connectivity index (χ0n) is 8.27. The first-order valence-corrected chi connectivity index (χ1v) is 5.38. The number of rotatable bonds is 6. The molecule has 0 aromatic carbocycles. The molecule has 7 heteroatoms. The van der Waals surface area contributed by atoms with Crippen molar-refractivity contribution in [3.05, 3.63) is 0 Å². The van der Waals surface area contributed by atoms with Gasteiger partial charge in [0.15, 0.2) is 0 Å². The Morgan fingerprint density at radius 3 is 2.46 bits per heavy atom. The van der Waals surface area contributed by atoms with Crippen molar-refractivity contribution in [1.29, 1.82) is 0 Å². The third kappa shape index (κ3) is 6.24.